The summed E-state index contributed by atoms with van der Waals surface area (Å²) in [4.78, 5) is 24.3. The van der Waals surface area contributed by atoms with Crippen LogP contribution in [0.2, 0.25) is 0 Å². The van der Waals surface area contributed by atoms with Crippen LogP contribution in [0.15, 0.2) is 109 Å². The second kappa shape index (κ2) is 47.9. The maximum Gasteiger partial charge on any atom is 0.306 e. The molecule has 5 nitrogen and oxygen atoms in total. The fourth-order valence-corrected chi connectivity index (χ4v) is 6.12. The molecule has 0 aliphatic heterocycles. The minimum atomic E-state index is -0.806. The molecule has 0 aromatic rings. The van der Waals surface area contributed by atoms with Gasteiger partial charge in [0.15, 0.2) is 6.10 Å². The van der Waals surface area contributed by atoms with Crippen molar-refractivity contribution < 1.29 is 24.2 Å². The van der Waals surface area contributed by atoms with Gasteiger partial charge in [0.05, 0.1) is 6.61 Å². The summed E-state index contributed by atoms with van der Waals surface area (Å²) < 4.78 is 10.6. The third kappa shape index (κ3) is 45.3. The first-order valence-corrected chi connectivity index (χ1v) is 23.4. The number of carbonyl (C=O) groups is 2. The topological polar surface area (TPSA) is 72.8 Å². The van der Waals surface area contributed by atoms with Gasteiger partial charge < -0.3 is 14.6 Å². The molecule has 0 amide bonds. The molecule has 328 valence electrons. The number of hydrogen-bond acceptors (Lipinski definition) is 5. The van der Waals surface area contributed by atoms with E-state index in [0.717, 1.165) is 77.0 Å². The van der Waals surface area contributed by atoms with Crippen molar-refractivity contribution in [3.05, 3.63) is 109 Å². The molecule has 0 spiro atoms. The summed E-state index contributed by atoms with van der Waals surface area (Å²) in [6.45, 7) is 3.83. The molecule has 1 unspecified atom stereocenters. The van der Waals surface area contributed by atoms with Crippen LogP contribution in [-0.2, 0) is 19.1 Å². The van der Waals surface area contributed by atoms with Gasteiger partial charge in [0.25, 0.3) is 0 Å². The Bertz CT molecular complexity index is 1180. The molecule has 0 rings (SSSR count). The predicted octanol–water partition coefficient (Wildman–Crippen LogP) is 15.4. The number of ether oxygens (including phenoxy) is 2. The van der Waals surface area contributed by atoms with Crippen LogP contribution >= 0.6 is 0 Å². The van der Waals surface area contributed by atoms with E-state index in [-0.39, 0.29) is 31.6 Å². The van der Waals surface area contributed by atoms with Crippen molar-refractivity contribution in [2.45, 2.75) is 200 Å². The first kappa shape index (κ1) is 54.6. The lowest BCUT2D eigenvalue weighted by atomic mass is 10.0. The molecular weight excluding hydrogens is 717 g/mol. The fraction of sp³-hybridized carbons (Fsp3) is 0.623. The summed E-state index contributed by atoms with van der Waals surface area (Å²) in [5, 5.41) is 9.57. The standard InChI is InChI=1S/C53H86O5/c1-3-5-7-9-11-13-15-17-18-19-20-21-22-23-24-25-26-27-28-29-30-31-32-33-34-36-38-40-42-44-46-48-53(56)58-51(49-54)50-57-52(55)47-45-43-41-39-37-35-16-14-12-10-8-6-4-2/h5-8,11-14,17-18,20-21,23-24,35,37,41,43,51,54H,3-4,9-10,15-16,19,22,25-34,36,38-40,42,44-50H2,1-2H3/b7-5-,8-6-,13-11-,14-12-,18-17-,21-20-,24-23-,37-35-,43-41-. The van der Waals surface area contributed by atoms with Crippen molar-refractivity contribution in [1.29, 1.82) is 0 Å². The molecule has 0 saturated carbocycles. The zero-order valence-corrected chi connectivity index (χ0v) is 37.3. The number of carbonyl (C=O) groups excluding carboxylic acids is 2. The lowest BCUT2D eigenvalue weighted by Crippen LogP contribution is -2.28. The normalized spacial score (nSPS) is 13.2. The van der Waals surface area contributed by atoms with Gasteiger partial charge >= 0.3 is 11.9 Å². The molecule has 1 atom stereocenters. The van der Waals surface area contributed by atoms with Gasteiger partial charge in [-0.05, 0) is 83.5 Å². The van der Waals surface area contributed by atoms with Gasteiger partial charge in [-0.1, -0.05) is 207 Å². The van der Waals surface area contributed by atoms with Crippen LogP contribution in [0, 0.1) is 0 Å². The van der Waals surface area contributed by atoms with Crippen LogP contribution in [0.25, 0.3) is 0 Å². The van der Waals surface area contributed by atoms with Gasteiger partial charge in [-0.15, -0.1) is 0 Å². The van der Waals surface area contributed by atoms with Crippen LogP contribution in [0.3, 0.4) is 0 Å². The number of hydrogen-bond donors (Lipinski definition) is 1. The Morgan fingerprint density at radius 1 is 0.397 bits per heavy atom. The molecule has 0 fully saturated rings. The number of aliphatic hydroxyl groups is 1. The quantitative estimate of drug-likeness (QED) is 0.0379. The molecule has 0 heterocycles. The third-order valence-electron chi connectivity index (χ3n) is 9.58. The third-order valence-corrected chi connectivity index (χ3v) is 9.58. The fourth-order valence-electron chi connectivity index (χ4n) is 6.12. The molecule has 1 N–H and O–H groups in total. The first-order chi connectivity index (χ1) is 28.6. The average Bonchev–Trinajstić information content (AvgIpc) is 3.23. The second-order valence-electron chi connectivity index (χ2n) is 15.1. The lowest BCUT2D eigenvalue weighted by Gasteiger charge is -2.15. The zero-order chi connectivity index (χ0) is 42.1. The summed E-state index contributed by atoms with van der Waals surface area (Å²) in [6, 6.07) is 0. The Hall–Kier alpha value is -3.44. The molecule has 58 heavy (non-hydrogen) atoms. The number of rotatable bonds is 41. The minimum absolute atomic E-state index is 0.109. The van der Waals surface area contributed by atoms with E-state index in [1.807, 2.05) is 12.2 Å². The Balaban J connectivity index is 3.55. The van der Waals surface area contributed by atoms with Crippen LogP contribution < -0.4 is 0 Å². The van der Waals surface area contributed by atoms with E-state index in [9.17, 15) is 14.7 Å². The van der Waals surface area contributed by atoms with Crippen molar-refractivity contribution in [2.24, 2.45) is 0 Å². The van der Waals surface area contributed by atoms with E-state index in [0.29, 0.717) is 12.8 Å². The van der Waals surface area contributed by atoms with E-state index < -0.39 is 6.10 Å². The molecule has 0 aromatic carbocycles. The monoisotopic (exact) mass is 803 g/mol. The van der Waals surface area contributed by atoms with Crippen LogP contribution in [0.1, 0.15) is 194 Å². The van der Waals surface area contributed by atoms with Crippen LogP contribution in [0.5, 0.6) is 0 Å². The number of esters is 2. The van der Waals surface area contributed by atoms with Gasteiger partial charge in [-0.2, -0.15) is 0 Å². The molecule has 0 bridgehead atoms. The zero-order valence-electron chi connectivity index (χ0n) is 37.3. The summed E-state index contributed by atoms with van der Waals surface area (Å²) in [5.74, 6) is -0.691. The molecule has 5 heteroatoms. The Kier molecular flexibility index (Phi) is 45.1. The van der Waals surface area contributed by atoms with Crippen molar-refractivity contribution in [3.63, 3.8) is 0 Å². The Morgan fingerprint density at radius 3 is 1.10 bits per heavy atom. The molecule has 0 saturated heterocycles. The van der Waals surface area contributed by atoms with Crippen molar-refractivity contribution in [1.82, 2.24) is 0 Å². The highest BCUT2D eigenvalue weighted by atomic mass is 16.6. The summed E-state index contributed by atoms with van der Waals surface area (Å²) in [6.07, 6.45) is 69.1. The van der Waals surface area contributed by atoms with E-state index >= 15 is 0 Å². The number of unbranched alkanes of at least 4 members (excludes halogenated alkanes) is 15. The second-order valence-corrected chi connectivity index (χ2v) is 15.1. The highest BCUT2D eigenvalue weighted by Crippen LogP contribution is 2.15. The summed E-state index contributed by atoms with van der Waals surface area (Å²) in [5.41, 5.74) is 0. The molecule has 0 radical (unpaired) electrons. The van der Waals surface area contributed by atoms with Crippen molar-refractivity contribution in [2.75, 3.05) is 13.2 Å². The van der Waals surface area contributed by atoms with Gasteiger partial charge in [0, 0.05) is 12.8 Å². The van der Waals surface area contributed by atoms with Gasteiger partial charge in [0.1, 0.15) is 6.61 Å². The van der Waals surface area contributed by atoms with Crippen LogP contribution in [0.4, 0.5) is 0 Å². The summed E-state index contributed by atoms with van der Waals surface area (Å²) in [7, 11) is 0. The van der Waals surface area contributed by atoms with Crippen molar-refractivity contribution in [3.8, 4) is 0 Å². The number of allylic oxidation sites excluding steroid dienone is 18. The first-order valence-electron chi connectivity index (χ1n) is 23.4. The Labute approximate surface area is 357 Å². The highest BCUT2D eigenvalue weighted by Gasteiger charge is 2.15. The Morgan fingerprint density at radius 2 is 0.724 bits per heavy atom. The average molecular weight is 803 g/mol. The van der Waals surface area contributed by atoms with E-state index in [2.05, 4.69) is 111 Å². The molecule has 0 aromatic heterocycles. The highest BCUT2D eigenvalue weighted by molar-refractivity contribution is 5.70. The van der Waals surface area contributed by atoms with E-state index in [1.54, 1.807) is 0 Å². The largest absolute Gasteiger partial charge is 0.462 e. The van der Waals surface area contributed by atoms with Crippen LogP contribution in [-0.4, -0.2) is 36.4 Å². The maximum atomic E-state index is 12.2. The smallest absolute Gasteiger partial charge is 0.306 e. The van der Waals surface area contributed by atoms with E-state index in [1.165, 1.54) is 83.5 Å². The van der Waals surface area contributed by atoms with Gasteiger partial charge in [-0.3, -0.25) is 9.59 Å². The number of aliphatic hydroxyl groups excluding tert-OH is 1. The molecular formula is C53H86O5. The minimum Gasteiger partial charge on any atom is -0.462 e. The lowest BCUT2D eigenvalue weighted by molar-refractivity contribution is -0.161. The molecule has 0 aliphatic carbocycles. The van der Waals surface area contributed by atoms with Gasteiger partial charge in [-0.25, -0.2) is 0 Å². The molecule has 0 aliphatic rings. The maximum absolute atomic E-state index is 12.2. The van der Waals surface area contributed by atoms with Crippen molar-refractivity contribution >= 4 is 11.9 Å². The van der Waals surface area contributed by atoms with E-state index in [4.69, 9.17) is 9.47 Å². The predicted molar refractivity (Wildman–Crippen MR) is 251 cm³/mol. The van der Waals surface area contributed by atoms with Gasteiger partial charge in [0.2, 0.25) is 0 Å². The summed E-state index contributed by atoms with van der Waals surface area (Å²) >= 11 is 0. The SMILES string of the molecule is CC/C=C\C/C=C\C/C=C\C/C=C\C/C=C\CCCCCCCCCCCCCCCCCC(=O)OC(CO)COC(=O)CC/C=C\C/C=C\C/C=C\C/C=C\CC.